The minimum atomic E-state index is -0.114. The summed E-state index contributed by atoms with van der Waals surface area (Å²) >= 11 is 11.8. The molecule has 1 atom stereocenters. The first kappa shape index (κ1) is 21.3. The van der Waals surface area contributed by atoms with Gasteiger partial charge in [-0.1, -0.05) is 37.0 Å². The van der Waals surface area contributed by atoms with E-state index in [2.05, 4.69) is 13.8 Å². The number of hydrogen-bond donors (Lipinski definition) is 1. The highest BCUT2D eigenvalue weighted by molar-refractivity contribution is 6.35. The molecule has 1 rings (SSSR count). The number of likely N-dealkylation sites (N-methyl/N-ethyl adjacent to an activating group) is 1. The van der Waals surface area contributed by atoms with Crippen molar-refractivity contribution >= 4 is 41.5 Å². The van der Waals surface area contributed by atoms with Crippen molar-refractivity contribution in [2.24, 2.45) is 11.7 Å². The summed E-state index contributed by atoms with van der Waals surface area (Å²) in [4.78, 5) is 13.6. The summed E-state index contributed by atoms with van der Waals surface area (Å²) in [7, 11) is 1.74. The molecule has 0 aliphatic rings. The van der Waals surface area contributed by atoms with Gasteiger partial charge in [0.15, 0.2) is 6.61 Å². The van der Waals surface area contributed by atoms with Crippen LogP contribution in [0.15, 0.2) is 18.2 Å². The minimum absolute atomic E-state index is 0. The molecule has 126 valence electrons. The fourth-order valence-corrected chi connectivity index (χ4v) is 2.11. The Bertz CT molecular complexity index is 484. The van der Waals surface area contributed by atoms with Gasteiger partial charge in [-0.25, -0.2) is 0 Å². The van der Waals surface area contributed by atoms with Crippen molar-refractivity contribution in [3.8, 4) is 5.75 Å². The summed E-state index contributed by atoms with van der Waals surface area (Å²) in [5.74, 6) is 0.733. The van der Waals surface area contributed by atoms with Crippen LogP contribution in [0.25, 0.3) is 0 Å². The smallest absolute Gasteiger partial charge is 0.260 e. The Kier molecular flexibility index (Phi) is 9.85. The van der Waals surface area contributed by atoms with Crippen LogP contribution in [0.5, 0.6) is 5.75 Å². The number of hydrogen-bond acceptors (Lipinski definition) is 3. The Balaban J connectivity index is 0.00000441. The molecule has 0 saturated carbocycles. The predicted molar refractivity (Wildman–Crippen MR) is 94.3 cm³/mol. The maximum atomic E-state index is 12.0. The lowest BCUT2D eigenvalue weighted by Crippen LogP contribution is -2.36. The quantitative estimate of drug-likeness (QED) is 0.798. The fraction of sp³-hybridized carbons (Fsp3) is 0.533. The highest BCUT2D eigenvalue weighted by atomic mass is 35.5. The van der Waals surface area contributed by atoms with Gasteiger partial charge in [0, 0.05) is 24.7 Å². The van der Waals surface area contributed by atoms with Crippen molar-refractivity contribution in [3.63, 3.8) is 0 Å². The second-order valence-corrected chi connectivity index (χ2v) is 6.22. The molecule has 2 N–H and O–H groups in total. The standard InChI is InChI=1S/C15H22Cl2N2O2.ClH/c1-10(2)13(18)6-7-19(3)15(20)9-21-14-5-4-11(16)8-12(14)17;/h4-5,8,10,13H,6-7,9,18H2,1-3H3;1H. The molecule has 0 heterocycles. The van der Waals surface area contributed by atoms with E-state index >= 15 is 0 Å². The Morgan fingerprint density at radius 3 is 2.55 bits per heavy atom. The average molecular weight is 370 g/mol. The van der Waals surface area contributed by atoms with Crippen LogP contribution in [0.2, 0.25) is 10.0 Å². The van der Waals surface area contributed by atoms with Gasteiger partial charge in [-0.05, 0) is 30.5 Å². The SMILES string of the molecule is CC(C)C(N)CCN(C)C(=O)COc1ccc(Cl)cc1Cl.Cl. The van der Waals surface area contributed by atoms with Gasteiger partial charge in [0.25, 0.3) is 5.91 Å². The van der Waals surface area contributed by atoms with Crippen LogP contribution in [0.4, 0.5) is 0 Å². The average Bonchev–Trinajstić information content (AvgIpc) is 2.42. The molecule has 0 fully saturated rings. The van der Waals surface area contributed by atoms with Gasteiger partial charge >= 0.3 is 0 Å². The Labute approximate surface area is 148 Å². The number of benzene rings is 1. The van der Waals surface area contributed by atoms with Crippen molar-refractivity contribution < 1.29 is 9.53 Å². The third-order valence-corrected chi connectivity index (χ3v) is 3.86. The van der Waals surface area contributed by atoms with E-state index in [1.165, 1.54) is 0 Å². The summed E-state index contributed by atoms with van der Waals surface area (Å²) in [6, 6.07) is 4.98. The maximum Gasteiger partial charge on any atom is 0.260 e. The number of nitrogens with two attached hydrogens (primary N) is 1. The van der Waals surface area contributed by atoms with Gasteiger partial charge < -0.3 is 15.4 Å². The van der Waals surface area contributed by atoms with Gasteiger partial charge in [0.05, 0.1) is 5.02 Å². The largest absolute Gasteiger partial charge is 0.482 e. The molecular weight excluding hydrogens is 347 g/mol. The number of nitrogens with zero attached hydrogens (tertiary/aromatic N) is 1. The van der Waals surface area contributed by atoms with Gasteiger partial charge in [-0.15, -0.1) is 12.4 Å². The molecule has 0 radical (unpaired) electrons. The lowest BCUT2D eigenvalue weighted by molar-refractivity contribution is -0.132. The van der Waals surface area contributed by atoms with E-state index in [1.807, 2.05) is 0 Å². The molecule has 1 aromatic carbocycles. The minimum Gasteiger partial charge on any atom is -0.482 e. The van der Waals surface area contributed by atoms with E-state index < -0.39 is 0 Å². The number of carbonyl (C=O) groups is 1. The van der Waals surface area contributed by atoms with Crippen LogP contribution >= 0.6 is 35.6 Å². The lowest BCUT2D eigenvalue weighted by Gasteiger charge is -2.21. The van der Waals surface area contributed by atoms with Gasteiger partial charge in [-0.2, -0.15) is 0 Å². The monoisotopic (exact) mass is 368 g/mol. The summed E-state index contributed by atoms with van der Waals surface area (Å²) in [6.45, 7) is 4.68. The van der Waals surface area contributed by atoms with Crippen LogP contribution in [-0.4, -0.2) is 37.0 Å². The normalized spacial score (nSPS) is 11.8. The highest BCUT2D eigenvalue weighted by Gasteiger charge is 2.14. The van der Waals surface area contributed by atoms with Crippen molar-refractivity contribution in [2.75, 3.05) is 20.2 Å². The van der Waals surface area contributed by atoms with Gasteiger partial charge in [0.1, 0.15) is 5.75 Å². The number of rotatable bonds is 7. The third kappa shape index (κ3) is 7.05. The molecule has 0 saturated heterocycles. The molecule has 0 aliphatic heterocycles. The van der Waals surface area contributed by atoms with E-state index in [4.69, 9.17) is 33.7 Å². The first-order valence-corrected chi connectivity index (χ1v) is 7.64. The van der Waals surface area contributed by atoms with Gasteiger partial charge in [-0.3, -0.25) is 4.79 Å². The Morgan fingerprint density at radius 1 is 1.36 bits per heavy atom. The number of ether oxygens (including phenoxy) is 1. The molecule has 4 nitrogen and oxygen atoms in total. The first-order chi connectivity index (χ1) is 9.81. The number of halogens is 3. The Hall–Kier alpha value is -0.680. The second kappa shape index (κ2) is 10.2. The van der Waals surface area contributed by atoms with Crippen LogP contribution in [0.3, 0.4) is 0 Å². The maximum absolute atomic E-state index is 12.0. The van der Waals surface area contributed by atoms with Crippen LogP contribution in [0.1, 0.15) is 20.3 Å². The zero-order valence-corrected chi connectivity index (χ0v) is 15.3. The van der Waals surface area contributed by atoms with Crippen molar-refractivity contribution in [2.45, 2.75) is 26.3 Å². The molecule has 0 spiro atoms. The summed E-state index contributed by atoms with van der Waals surface area (Å²) < 4.78 is 5.42. The van der Waals surface area contributed by atoms with Crippen LogP contribution < -0.4 is 10.5 Å². The van der Waals surface area contributed by atoms with E-state index in [0.717, 1.165) is 6.42 Å². The molecule has 7 heteroatoms. The zero-order valence-electron chi connectivity index (χ0n) is 13.0. The molecule has 22 heavy (non-hydrogen) atoms. The summed E-state index contributed by atoms with van der Waals surface area (Å²) in [6.07, 6.45) is 0.765. The topological polar surface area (TPSA) is 55.6 Å². The van der Waals surface area contributed by atoms with Gasteiger partial charge in [0.2, 0.25) is 0 Å². The molecular formula is C15H23Cl3N2O2. The Morgan fingerprint density at radius 2 is 2.00 bits per heavy atom. The zero-order chi connectivity index (χ0) is 16.0. The van der Waals surface area contributed by atoms with E-state index in [-0.39, 0.29) is 31.0 Å². The van der Waals surface area contributed by atoms with Crippen LogP contribution in [-0.2, 0) is 4.79 Å². The van der Waals surface area contributed by atoms with E-state index in [0.29, 0.717) is 28.3 Å². The summed E-state index contributed by atoms with van der Waals surface area (Å²) in [5.41, 5.74) is 5.96. The molecule has 1 aromatic rings. The lowest BCUT2D eigenvalue weighted by atomic mass is 10.0. The van der Waals surface area contributed by atoms with E-state index in [9.17, 15) is 4.79 Å². The molecule has 1 amide bonds. The third-order valence-electron chi connectivity index (χ3n) is 3.32. The molecule has 0 aliphatic carbocycles. The highest BCUT2D eigenvalue weighted by Crippen LogP contribution is 2.27. The second-order valence-electron chi connectivity index (χ2n) is 5.38. The first-order valence-electron chi connectivity index (χ1n) is 6.88. The van der Waals surface area contributed by atoms with Crippen molar-refractivity contribution in [1.29, 1.82) is 0 Å². The van der Waals surface area contributed by atoms with Crippen molar-refractivity contribution in [3.05, 3.63) is 28.2 Å². The van der Waals surface area contributed by atoms with Crippen molar-refractivity contribution in [1.82, 2.24) is 4.90 Å². The molecule has 0 bridgehead atoms. The number of carbonyl (C=O) groups excluding carboxylic acids is 1. The fourth-order valence-electron chi connectivity index (χ4n) is 1.64. The molecule has 0 aromatic heterocycles. The van der Waals surface area contributed by atoms with Crippen LogP contribution in [0, 0.1) is 5.92 Å². The van der Waals surface area contributed by atoms with E-state index in [1.54, 1.807) is 30.1 Å². The predicted octanol–water partition coefficient (Wildman–Crippen LogP) is 3.63. The molecule has 1 unspecified atom stereocenters. The summed E-state index contributed by atoms with van der Waals surface area (Å²) in [5, 5.41) is 0.915. The number of amides is 1.